The summed E-state index contributed by atoms with van der Waals surface area (Å²) < 4.78 is 9.86. The fourth-order valence-corrected chi connectivity index (χ4v) is 0.731. The molecule has 0 amide bonds. The number of methoxy groups -OCH3 is 1. The lowest BCUT2D eigenvalue weighted by Crippen LogP contribution is -1.84. The van der Waals surface area contributed by atoms with Crippen LogP contribution in [0.1, 0.15) is 5.76 Å². The average molecular weight is 152 g/mol. The number of carbonyl (C=O) groups is 1. The number of ether oxygens (including phenoxy) is 1. The highest BCUT2D eigenvalue weighted by Crippen LogP contribution is 2.13. The third-order valence-electron chi connectivity index (χ3n) is 1.20. The van der Waals surface area contributed by atoms with Crippen molar-refractivity contribution in [3.8, 4) is 0 Å². The predicted octanol–water partition coefficient (Wildman–Crippen LogP) is 1.47. The van der Waals surface area contributed by atoms with Crippen LogP contribution in [0.4, 0.5) is 0 Å². The minimum absolute atomic E-state index is 0.435. The van der Waals surface area contributed by atoms with E-state index in [2.05, 4.69) is 0 Å². The summed E-state index contributed by atoms with van der Waals surface area (Å²) >= 11 is 0. The van der Waals surface area contributed by atoms with Crippen LogP contribution in [-0.4, -0.2) is 13.4 Å². The van der Waals surface area contributed by atoms with Crippen LogP contribution in [0.3, 0.4) is 0 Å². The number of rotatable bonds is 3. The Labute approximate surface area is 64.3 Å². The van der Waals surface area contributed by atoms with E-state index in [0.717, 1.165) is 0 Å². The molecule has 0 N–H and O–H groups in total. The summed E-state index contributed by atoms with van der Waals surface area (Å²) in [6, 6.07) is 3.45. The fourth-order valence-electron chi connectivity index (χ4n) is 0.731. The van der Waals surface area contributed by atoms with Gasteiger partial charge in [0.1, 0.15) is 6.29 Å². The van der Waals surface area contributed by atoms with Crippen LogP contribution >= 0.6 is 0 Å². The highest BCUT2D eigenvalue weighted by molar-refractivity contribution is 5.77. The van der Waals surface area contributed by atoms with E-state index < -0.39 is 0 Å². The Morgan fingerprint density at radius 1 is 1.73 bits per heavy atom. The van der Waals surface area contributed by atoms with Gasteiger partial charge < -0.3 is 9.15 Å². The van der Waals surface area contributed by atoms with Gasteiger partial charge in [-0.2, -0.15) is 0 Å². The molecule has 0 aliphatic carbocycles. The Hall–Kier alpha value is -1.51. The summed E-state index contributed by atoms with van der Waals surface area (Å²) in [5.74, 6) is 0.990. The number of furan rings is 1. The Bertz CT molecular complexity index is 246. The molecule has 1 aromatic heterocycles. The van der Waals surface area contributed by atoms with Gasteiger partial charge in [-0.3, -0.25) is 4.79 Å². The second kappa shape index (κ2) is 3.61. The Morgan fingerprint density at radius 3 is 3.00 bits per heavy atom. The third kappa shape index (κ3) is 1.70. The lowest BCUT2D eigenvalue weighted by atomic mass is 10.3. The van der Waals surface area contributed by atoms with Gasteiger partial charge in [0.2, 0.25) is 0 Å². The minimum Gasteiger partial charge on any atom is -0.493 e. The zero-order valence-electron chi connectivity index (χ0n) is 6.11. The smallest absolute Gasteiger partial charge is 0.168 e. The van der Waals surface area contributed by atoms with Crippen molar-refractivity contribution in [2.24, 2.45) is 0 Å². The van der Waals surface area contributed by atoms with Gasteiger partial charge in [0.05, 0.1) is 13.4 Å². The van der Waals surface area contributed by atoms with E-state index >= 15 is 0 Å². The Kier molecular flexibility index (Phi) is 2.49. The predicted molar refractivity (Wildman–Crippen MR) is 39.8 cm³/mol. The van der Waals surface area contributed by atoms with Gasteiger partial charge in [0, 0.05) is 6.08 Å². The first-order chi connectivity index (χ1) is 5.38. The molecule has 0 aliphatic rings. The van der Waals surface area contributed by atoms with Gasteiger partial charge in [-0.25, -0.2) is 0 Å². The molecule has 0 fully saturated rings. The van der Waals surface area contributed by atoms with E-state index in [1.54, 1.807) is 12.1 Å². The maximum absolute atomic E-state index is 10.1. The van der Waals surface area contributed by atoms with Crippen LogP contribution in [-0.2, 0) is 9.53 Å². The fraction of sp³-hybridized carbons (Fsp3) is 0.125. The molecule has 0 saturated carbocycles. The van der Waals surface area contributed by atoms with E-state index in [1.165, 1.54) is 19.4 Å². The van der Waals surface area contributed by atoms with Gasteiger partial charge in [-0.15, -0.1) is 0 Å². The summed E-state index contributed by atoms with van der Waals surface area (Å²) in [5.41, 5.74) is 0. The molecule has 58 valence electrons. The maximum atomic E-state index is 10.1. The van der Waals surface area contributed by atoms with Gasteiger partial charge >= 0.3 is 0 Å². The number of carbonyl (C=O) groups excluding carboxylic acids is 1. The van der Waals surface area contributed by atoms with Crippen molar-refractivity contribution < 1.29 is 13.9 Å². The molecule has 0 bridgehead atoms. The number of aldehydes is 1. The summed E-state index contributed by atoms with van der Waals surface area (Å²) in [4.78, 5) is 10.1. The highest BCUT2D eigenvalue weighted by atomic mass is 16.5. The maximum Gasteiger partial charge on any atom is 0.168 e. The van der Waals surface area contributed by atoms with Crippen LogP contribution in [0, 0.1) is 0 Å². The minimum atomic E-state index is 0.435. The molecular formula is C8H8O3. The van der Waals surface area contributed by atoms with Crippen LogP contribution in [0.2, 0.25) is 0 Å². The normalized spacial score (nSPS) is 11.2. The van der Waals surface area contributed by atoms with Crippen molar-refractivity contribution in [2.75, 3.05) is 7.11 Å². The summed E-state index contributed by atoms with van der Waals surface area (Å²) in [7, 11) is 1.48. The van der Waals surface area contributed by atoms with Crippen molar-refractivity contribution in [1.82, 2.24) is 0 Å². The first-order valence-corrected chi connectivity index (χ1v) is 3.12. The average Bonchev–Trinajstić information content (AvgIpc) is 2.52. The molecule has 0 radical (unpaired) electrons. The van der Waals surface area contributed by atoms with E-state index in [4.69, 9.17) is 9.15 Å². The first kappa shape index (κ1) is 7.60. The van der Waals surface area contributed by atoms with Crippen molar-refractivity contribution >= 4 is 12.0 Å². The first-order valence-electron chi connectivity index (χ1n) is 3.12. The second-order valence-electron chi connectivity index (χ2n) is 1.85. The lowest BCUT2D eigenvalue weighted by Gasteiger charge is -1.98. The molecule has 1 rings (SSSR count). The van der Waals surface area contributed by atoms with Crippen LogP contribution < -0.4 is 0 Å². The number of allylic oxidation sites excluding steroid dienone is 1. The quantitative estimate of drug-likeness (QED) is 0.374. The number of hydrogen-bond acceptors (Lipinski definition) is 3. The van der Waals surface area contributed by atoms with Gasteiger partial charge in [0.15, 0.2) is 11.5 Å². The summed E-state index contributed by atoms with van der Waals surface area (Å²) in [6.45, 7) is 0. The van der Waals surface area contributed by atoms with E-state index in [-0.39, 0.29) is 0 Å². The van der Waals surface area contributed by atoms with Crippen LogP contribution in [0.5, 0.6) is 0 Å². The topological polar surface area (TPSA) is 39.4 Å². The SMILES string of the molecule is CO/C(=C\C=O)c1ccco1. The van der Waals surface area contributed by atoms with E-state index in [1.807, 2.05) is 0 Å². The highest BCUT2D eigenvalue weighted by Gasteiger charge is 2.01. The summed E-state index contributed by atoms with van der Waals surface area (Å²) in [5, 5.41) is 0. The van der Waals surface area contributed by atoms with Gasteiger partial charge in [-0.05, 0) is 12.1 Å². The molecule has 3 nitrogen and oxygen atoms in total. The standard InChI is InChI=1S/C8H8O3/c1-10-7(4-5-9)8-3-2-6-11-8/h2-6H,1H3/b7-4-. The molecule has 0 atom stereocenters. The van der Waals surface area contributed by atoms with Crippen molar-refractivity contribution in [1.29, 1.82) is 0 Å². The zero-order chi connectivity index (χ0) is 8.10. The monoisotopic (exact) mass is 152 g/mol. The molecule has 0 aliphatic heterocycles. The van der Waals surface area contributed by atoms with Gasteiger partial charge in [0.25, 0.3) is 0 Å². The largest absolute Gasteiger partial charge is 0.493 e. The molecule has 0 saturated heterocycles. The van der Waals surface area contributed by atoms with Crippen LogP contribution in [0.25, 0.3) is 5.76 Å². The molecule has 11 heavy (non-hydrogen) atoms. The zero-order valence-corrected chi connectivity index (χ0v) is 6.11. The molecule has 1 heterocycles. The Balaban J connectivity index is 2.88. The van der Waals surface area contributed by atoms with Crippen molar-refractivity contribution in [3.05, 3.63) is 30.2 Å². The van der Waals surface area contributed by atoms with Crippen molar-refractivity contribution in [3.63, 3.8) is 0 Å². The lowest BCUT2D eigenvalue weighted by molar-refractivity contribution is -0.104. The molecular weight excluding hydrogens is 144 g/mol. The van der Waals surface area contributed by atoms with Gasteiger partial charge in [-0.1, -0.05) is 0 Å². The number of hydrogen-bond donors (Lipinski definition) is 0. The van der Waals surface area contributed by atoms with E-state index in [9.17, 15) is 4.79 Å². The second-order valence-corrected chi connectivity index (χ2v) is 1.85. The molecule has 1 aromatic rings. The molecule has 0 aromatic carbocycles. The van der Waals surface area contributed by atoms with Crippen LogP contribution in [0.15, 0.2) is 28.9 Å². The summed E-state index contributed by atoms with van der Waals surface area (Å²) in [6.07, 6.45) is 3.48. The molecule has 0 spiro atoms. The Morgan fingerprint density at radius 2 is 2.55 bits per heavy atom. The van der Waals surface area contributed by atoms with E-state index in [0.29, 0.717) is 17.8 Å². The molecule has 3 heteroatoms. The third-order valence-corrected chi connectivity index (χ3v) is 1.20. The molecule has 0 unspecified atom stereocenters. The van der Waals surface area contributed by atoms with Crippen molar-refractivity contribution in [2.45, 2.75) is 0 Å².